The van der Waals surface area contributed by atoms with Crippen molar-refractivity contribution in [2.45, 2.75) is 72.3 Å². The van der Waals surface area contributed by atoms with Crippen molar-refractivity contribution in [2.75, 3.05) is 25.0 Å². The van der Waals surface area contributed by atoms with E-state index < -0.39 is 6.04 Å². The summed E-state index contributed by atoms with van der Waals surface area (Å²) in [5.74, 6) is 0.158. The van der Waals surface area contributed by atoms with E-state index in [4.69, 9.17) is 0 Å². The van der Waals surface area contributed by atoms with Gasteiger partial charge in [0.05, 0.1) is 6.54 Å². The first-order valence-electron chi connectivity index (χ1n) is 13.6. The van der Waals surface area contributed by atoms with Gasteiger partial charge in [-0.25, -0.2) is 14.4 Å². The number of carbonyl (C=O) groups excluding carboxylic acids is 2. The number of anilines is 1. The van der Waals surface area contributed by atoms with E-state index in [2.05, 4.69) is 45.1 Å². The number of aromatic nitrogens is 2. The number of amides is 2. The fourth-order valence-corrected chi connectivity index (χ4v) is 3.99. The number of nitrogens with one attached hydrogen (secondary N) is 4. The molecule has 0 aliphatic rings. The lowest BCUT2D eigenvalue weighted by Gasteiger charge is -2.20. The van der Waals surface area contributed by atoms with Crippen LogP contribution in [-0.2, 0) is 22.4 Å². The van der Waals surface area contributed by atoms with Crippen LogP contribution in [0.25, 0.3) is 0 Å². The molecule has 2 atom stereocenters. The van der Waals surface area contributed by atoms with Gasteiger partial charge in [-0.1, -0.05) is 45.4 Å². The number of hydrogen-bond acceptors (Lipinski definition) is 6. The Balaban J connectivity index is 1.94. The minimum Gasteiger partial charge on any atom is -0.380 e. The summed E-state index contributed by atoms with van der Waals surface area (Å²) in [6.45, 7) is 8.85. The third kappa shape index (κ3) is 10.9. The van der Waals surface area contributed by atoms with Crippen LogP contribution in [0.15, 0.2) is 48.4 Å². The molecule has 9 heteroatoms. The standard InChI is InChI=1S/C29H43FN6O2/c1-5-21(4)14-15-24-22(11-8-13-25(24)30)12-9-16-31-28(38)26(19-35-29-32-17-10-18-33-29)36-27(37)20-34-23(6-2)7-3/h6,8,10-11,13,17-18,21,26,34H,5,7,9,12,14-16,19-20H2,1-4H3,(H,31,38)(H,36,37)(H,32,33,35)/t21-,26?/m1/s1. The number of rotatable bonds is 17. The summed E-state index contributed by atoms with van der Waals surface area (Å²) in [5.41, 5.74) is 2.71. The van der Waals surface area contributed by atoms with Crippen molar-refractivity contribution in [3.63, 3.8) is 0 Å². The molecule has 2 aromatic rings. The number of aryl methyl sites for hydroxylation is 1. The molecule has 0 aliphatic carbocycles. The molecule has 0 fully saturated rings. The molecule has 0 bridgehead atoms. The van der Waals surface area contributed by atoms with E-state index >= 15 is 0 Å². The highest BCUT2D eigenvalue weighted by molar-refractivity contribution is 5.88. The van der Waals surface area contributed by atoms with Crippen molar-refractivity contribution in [1.82, 2.24) is 25.9 Å². The second-order valence-electron chi connectivity index (χ2n) is 9.42. The van der Waals surface area contributed by atoms with Crippen LogP contribution in [0.4, 0.5) is 10.3 Å². The molecule has 1 aromatic carbocycles. The number of halogens is 1. The van der Waals surface area contributed by atoms with Crippen molar-refractivity contribution in [1.29, 1.82) is 0 Å². The topological polar surface area (TPSA) is 108 Å². The van der Waals surface area contributed by atoms with Crippen LogP contribution < -0.4 is 21.3 Å². The van der Waals surface area contributed by atoms with Crippen LogP contribution in [-0.4, -0.2) is 47.5 Å². The first-order chi connectivity index (χ1) is 18.4. The predicted molar refractivity (Wildman–Crippen MR) is 150 cm³/mol. The maximum Gasteiger partial charge on any atom is 0.244 e. The average Bonchev–Trinajstić information content (AvgIpc) is 2.93. The molecular weight excluding hydrogens is 483 g/mol. The van der Waals surface area contributed by atoms with Crippen LogP contribution in [0.5, 0.6) is 0 Å². The largest absolute Gasteiger partial charge is 0.380 e. The summed E-state index contributed by atoms with van der Waals surface area (Å²) in [4.78, 5) is 33.8. The molecule has 0 saturated heterocycles. The lowest BCUT2D eigenvalue weighted by molar-refractivity contribution is -0.128. The molecule has 0 spiro atoms. The number of nitrogens with zero attached hydrogens (tertiary/aromatic N) is 2. The Morgan fingerprint density at radius 3 is 2.53 bits per heavy atom. The van der Waals surface area contributed by atoms with Gasteiger partial charge in [0.25, 0.3) is 0 Å². The zero-order valence-electron chi connectivity index (χ0n) is 23.1. The molecule has 4 N–H and O–H groups in total. The fraction of sp³-hybridized carbons (Fsp3) is 0.517. The second kappa shape index (κ2) is 17.1. The van der Waals surface area contributed by atoms with Gasteiger partial charge in [-0.15, -0.1) is 0 Å². The molecule has 8 nitrogen and oxygen atoms in total. The molecule has 1 aromatic heterocycles. The molecular formula is C29H43FN6O2. The third-order valence-electron chi connectivity index (χ3n) is 6.61. The highest BCUT2D eigenvalue weighted by atomic mass is 19.1. The van der Waals surface area contributed by atoms with Crippen LogP contribution in [0.2, 0.25) is 0 Å². The first kappa shape index (κ1) is 30.7. The van der Waals surface area contributed by atoms with Crippen molar-refractivity contribution < 1.29 is 14.0 Å². The maximum atomic E-state index is 14.5. The van der Waals surface area contributed by atoms with Crippen molar-refractivity contribution in [3.05, 3.63) is 65.4 Å². The third-order valence-corrected chi connectivity index (χ3v) is 6.61. The summed E-state index contributed by atoms with van der Waals surface area (Å²) >= 11 is 0. The van der Waals surface area contributed by atoms with Gasteiger partial charge >= 0.3 is 0 Å². The summed E-state index contributed by atoms with van der Waals surface area (Å²) in [5, 5.41) is 11.8. The minimum atomic E-state index is -0.816. The van der Waals surface area contributed by atoms with E-state index in [1.54, 1.807) is 24.5 Å². The molecule has 1 heterocycles. The van der Waals surface area contributed by atoms with Gasteiger partial charge in [0, 0.05) is 31.2 Å². The Morgan fingerprint density at radius 1 is 1.08 bits per heavy atom. The lowest BCUT2D eigenvalue weighted by atomic mass is 9.94. The van der Waals surface area contributed by atoms with E-state index in [1.807, 2.05) is 26.0 Å². The highest BCUT2D eigenvalue weighted by Gasteiger charge is 2.21. The normalized spacial score (nSPS) is 12.9. The molecule has 2 amide bonds. The van der Waals surface area contributed by atoms with E-state index in [-0.39, 0.29) is 30.7 Å². The number of benzene rings is 1. The number of hydrogen-bond donors (Lipinski definition) is 4. The summed E-state index contributed by atoms with van der Waals surface area (Å²) in [6.07, 6.45) is 9.95. The van der Waals surface area contributed by atoms with Gasteiger partial charge in [0.1, 0.15) is 11.9 Å². The van der Waals surface area contributed by atoms with Crippen molar-refractivity contribution >= 4 is 17.8 Å². The van der Waals surface area contributed by atoms with Crippen molar-refractivity contribution in [3.8, 4) is 0 Å². The Bertz CT molecular complexity index is 1030. The number of allylic oxidation sites excluding steroid dienone is 2. The van der Waals surface area contributed by atoms with Crippen molar-refractivity contribution in [2.24, 2.45) is 5.92 Å². The fourth-order valence-electron chi connectivity index (χ4n) is 3.99. The van der Waals surface area contributed by atoms with E-state index in [0.717, 1.165) is 36.1 Å². The molecule has 0 radical (unpaired) electrons. The zero-order chi connectivity index (χ0) is 27.8. The van der Waals surface area contributed by atoms with Crippen LogP contribution in [0.1, 0.15) is 64.5 Å². The van der Waals surface area contributed by atoms with Crippen LogP contribution in [0, 0.1) is 11.7 Å². The van der Waals surface area contributed by atoms with Gasteiger partial charge in [-0.2, -0.15) is 0 Å². The smallest absolute Gasteiger partial charge is 0.244 e. The molecule has 2 rings (SSSR count). The summed E-state index contributed by atoms with van der Waals surface area (Å²) < 4.78 is 14.5. The second-order valence-corrected chi connectivity index (χ2v) is 9.42. The van der Waals surface area contributed by atoms with Gasteiger partial charge in [-0.05, 0) is 68.2 Å². The SMILES string of the molecule is CC=C(CC)NCC(=O)NC(CNc1ncccn1)C(=O)NCCCc1cccc(F)c1CC[C@H](C)CC. The van der Waals surface area contributed by atoms with E-state index in [0.29, 0.717) is 37.7 Å². The Kier molecular flexibility index (Phi) is 13.8. The molecule has 38 heavy (non-hydrogen) atoms. The minimum absolute atomic E-state index is 0.0676. The van der Waals surface area contributed by atoms with Gasteiger partial charge in [0.2, 0.25) is 17.8 Å². The van der Waals surface area contributed by atoms with E-state index in [1.165, 1.54) is 6.07 Å². The number of carbonyl (C=O) groups is 2. The molecule has 0 aliphatic heterocycles. The average molecular weight is 527 g/mol. The summed E-state index contributed by atoms with van der Waals surface area (Å²) in [6, 6.07) is 6.10. The Hall–Kier alpha value is -3.49. The molecule has 208 valence electrons. The highest BCUT2D eigenvalue weighted by Crippen LogP contribution is 2.20. The van der Waals surface area contributed by atoms with Crippen LogP contribution >= 0.6 is 0 Å². The Labute approximate surface area is 226 Å². The molecule has 1 unspecified atom stereocenters. The van der Waals surface area contributed by atoms with E-state index in [9.17, 15) is 14.0 Å². The monoisotopic (exact) mass is 526 g/mol. The van der Waals surface area contributed by atoms with Crippen LogP contribution in [0.3, 0.4) is 0 Å². The van der Waals surface area contributed by atoms with Gasteiger partial charge in [0.15, 0.2) is 0 Å². The lowest BCUT2D eigenvalue weighted by Crippen LogP contribution is -2.52. The first-order valence-corrected chi connectivity index (χ1v) is 13.6. The molecule has 0 saturated carbocycles. The Morgan fingerprint density at radius 2 is 1.84 bits per heavy atom. The quantitative estimate of drug-likeness (QED) is 0.231. The van der Waals surface area contributed by atoms with Gasteiger partial charge < -0.3 is 21.3 Å². The predicted octanol–water partition coefficient (Wildman–Crippen LogP) is 4.14. The van der Waals surface area contributed by atoms with Gasteiger partial charge in [-0.3, -0.25) is 9.59 Å². The maximum absolute atomic E-state index is 14.5. The zero-order valence-corrected chi connectivity index (χ0v) is 23.1. The summed E-state index contributed by atoms with van der Waals surface area (Å²) in [7, 11) is 0.